The molecular formula is C15H22FN3O. The molecule has 20 heavy (non-hydrogen) atoms. The largest absolute Gasteiger partial charge is 0.369 e. The van der Waals surface area contributed by atoms with E-state index in [1.54, 1.807) is 0 Å². The van der Waals surface area contributed by atoms with E-state index in [2.05, 4.69) is 17.2 Å². The predicted molar refractivity (Wildman–Crippen MR) is 77.3 cm³/mol. The van der Waals surface area contributed by atoms with Gasteiger partial charge in [0.1, 0.15) is 11.6 Å². The van der Waals surface area contributed by atoms with Crippen LogP contribution in [0.4, 0.5) is 10.2 Å². The van der Waals surface area contributed by atoms with E-state index < -0.39 is 5.82 Å². The Balaban J connectivity index is 2.25. The van der Waals surface area contributed by atoms with Gasteiger partial charge in [-0.05, 0) is 31.7 Å². The van der Waals surface area contributed by atoms with Crippen molar-refractivity contribution in [3.05, 3.63) is 23.6 Å². The molecule has 1 unspecified atom stereocenters. The van der Waals surface area contributed by atoms with Gasteiger partial charge in [0.05, 0.1) is 11.8 Å². The first-order valence-corrected chi connectivity index (χ1v) is 7.37. The first kappa shape index (κ1) is 14.8. The maximum Gasteiger partial charge on any atom is 0.257 e. The zero-order valence-corrected chi connectivity index (χ0v) is 12.2. The second kappa shape index (κ2) is 6.68. The van der Waals surface area contributed by atoms with Gasteiger partial charge >= 0.3 is 0 Å². The number of anilines is 1. The highest BCUT2D eigenvalue weighted by molar-refractivity contribution is 5.99. The van der Waals surface area contributed by atoms with Crippen LogP contribution in [0.5, 0.6) is 0 Å². The van der Waals surface area contributed by atoms with Gasteiger partial charge < -0.3 is 10.2 Å². The molecule has 110 valence electrons. The normalized spacial score (nSPS) is 18.4. The van der Waals surface area contributed by atoms with Crippen LogP contribution in [0.2, 0.25) is 0 Å². The molecule has 5 heteroatoms. The minimum absolute atomic E-state index is 0.111. The molecule has 1 aliphatic heterocycles. The Hall–Kier alpha value is -1.65. The number of aromatic nitrogens is 1. The molecule has 0 saturated carbocycles. The van der Waals surface area contributed by atoms with Crippen molar-refractivity contribution in [3.63, 3.8) is 0 Å². The number of pyridine rings is 1. The Labute approximate surface area is 119 Å². The number of likely N-dealkylation sites (tertiary alicyclic amines) is 1. The molecule has 1 fully saturated rings. The number of hydrogen-bond donors (Lipinski definition) is 1. The molecule has 2 heterocycles. The Morgan fingerprint density at radius 1 is 1.55 bits per heavy atom. The average molecular weight is 279 g/mol. The van der Waals surface area contributed by atoms with Crippen molar-refractivity contribution in [1.29, 1.82) is 0 Å². The van der Waals surface area contributed by atoms with E-state index in [9.17, 15) is 9.18 Å². The number of halogens is 1. The first-order valence-electron chi connectivity index (χ1n) is 7.37. The number of carbonyl (C=O) groups excluding carboxylic acids is 1. The van der Waals surface area contributed by atoms with Crippen LogP contribution in [0.15, 0.2) is 12.3 Å². The van der Waals surface area contributed by atoms with Crippen molar-refractivity contribution < 1.29 is 9.18 Å². The Morgan fingerprint density at radius 2 is 2.35 bits per heavy atom. The number of nitrogens with one attached hydrogen (secondary N) is 1. The van der Waals surface area contributed by atoms with Crippen LogP contribution in [-0.4, -0.2) is 34.9 Å². The van der Waals surface area contributed by atoms with Crippen LogP contribution in [0.1, 0.15) is 49.9 Å². The lowest BCUT2D eigenvalue weighted by Crippen LogP contribution is -2.35. The molecule has 1 amide bonds. The van der Waals surface area contributed by atoms with Crippen LogP contribution in [0.25, 0.3) is 0 Å². The zero-order valence-electron chi connectivity index (χ0n) is 12.2. The lowest BCUT2D eigenvalue weighted by molar-refractivity contribution is 0.0733. The van der Waals surface area contributed by atoms with E-state index >= 15 is 0 Å². The highest BCUT2D eigenvalue weighted by atomic mass is 19.1. The van der Waals surface area contributed by atoms with E-state index in [-0.39, 0.29) is 11.9 Å². The standard InChI is InChI=1S/C15H22FN3O/c1-3-7-17-14-13(9-11(16)10-18-14)15(20)19-8-5-6-12(19)4-2/h9-10,12H,3-8H2,1-2H3,(H,17,18). The molecule has 0 bridgehead atoms. The maximum atomic E-state index is 13.4. The molecule has 1 N–H and O–H groups in total. The number of nitrogens with zero attached hydrogens (tertiary/aromatic N) is 2. The smallest absolute Gasteiger partial charge is 0.257 e. The third-order valence-corrected chi connectivity index (χ3v) is 3.74. The van der Waals surface area contributed by atoms with E-state index in [1.165, 1.54) is 6.07 Å². The minimum Gasteiger partial charge on any atom is -0.369 e. The lowest BCUT2D eigenvalue weighted by atomic mass is 10.1. The Kier molecular flexibility index (Phi) is 4.93. The summed E-state index contributed by atoms with van der Waals surface area (Å²) < 4.78 is 13.4. The SMILES string of the molecule is CCCNc1ncc(F)cc1C(=O)N1CCCC1CC. The van der Waals surface area contributed by atoms with Gasteiger partial charge in [-0.15, -0.1) is 0 Å². The molecule has 4 nitrogen and oxygen atoms in total. The van der Waals surface area contributed by atoms with Crippen molar-refractivity contribution in [1.82, 2.24) is 9.88 Å². The van der Waals surface area contributed by atoms with Crippen molar-refractivity contribution >= 4 is 11.7 Å². The van der Waals surface area contributed by atoms with Gasteiger partial charge in [0, 0.05) is 19.1 Å². The van der Waals surface area contributed by atoms with Crippen molar-refractivity contribution in [2.24, 2.45) is 0 Å². The third-order valence-electron chi connectivity index (χ3n) is 3.74. The summed E-state index contributed by atoms with van der Waals surface area (Å²) in [4.78, 5) is 18.5. The van der Waals surface area contributed by atoms with E-state index in [1.807, 2.05) is 11.8 Å². The molecule has 0 aliphatic carbocycles. The molecule has 1 aliphatic rings. The Morgan fingerprint density at radius 3 is 3.05 bits per heavy atom. The second-order valence-corrected chi connectivity index (χ2v) is 5.18. The first-order chi connectivity index (χ1) is 9.67. The lowest BCUT2D eigenvalue weighted by Gasteiger charge is -2.24. The summed E-state index contributed by atoms with van der Waals surface area (Å²) >= 11 is 0. The van der Waals surface area contributed by atoms with E-state index in [0.717, 1.165) is 45.0 Å². The van der Waals surface area contributed by atoms with Crippen LogP contribution in [0.3, 0.4) is 0 Å². The number of rotatable bonds is 5. The molecule has 0 radical (unpaired) electrons. The molecule has 1 aromatic heterocycles. The van der Waals surface area contributed by atoms with Crippen LogP contribution >= 0.6 is 0 Å². The quantitative estimate of drug-likeness (QED) is 0.901. The number of carbonyl (C=O) groups is 1. The monoisotopic (exact) mass is 279 g/mol. The van der Waals surface area contributed by atoms with Gasteiger partial charge in [-0.2, -0.15) is 0 Å². The van der Waals surface area contributed by atoms with Gasteiger partial charge in [-0.3, -0.25) is 4.79 Å². The fourth-order valence-electron chi connectivity index (χ4n) is 2.67. The summed E-state index contributed by atoms with van der Waals surface area (Å²) in [6.45, 7) is 5.58. The average Bonchev–Trinajstić information content (AvgIpc) is 2.93. The molecule has 1 atom stereocenters. The summed E-state index contributed by atoms with van der Waals surface area (Å²) in [6, 6.07) is 1.56. The van der Waals surface area contributed by atoms with Crippen molar-refractivity contribution in [2.45, 2.75) is 45.6 Å². The third kappa shape index (κ3) is 3.08. The highest BCUT2D eigenvalue weighted by Gasteiger charge is 2.29. The molecule has 1 aromatic rings. The van der Waals surface area contributed by atoms with Gasteiger partial charge in [0.25, 0.3) is 5.91 Å². The summed E-state index contributed by atoms with van der Waals surface area (Å²) in [7, 11) is 0. The number of amides is 1. The van der Waals surface area contributed by atoms with Crippen molar-refractivity contribution in [3.8, 4) is 0 Å². The highest BCUT2D eigenvalue weighted by Crippen LogP contribution is 2.24. The zero-order chi connectivity index (χ0) is 14.5. The maximum absolute atomic E-state index is 13.4. The van der Waals surface area contributed by atoms with Crippen LogP contribution in [0, 0.1) is 5.82 Å². The minimum atomic E-state index is -0.470. The fraction of sp³-hybridized carbons (Fsp3) is 0.600. The summed E-state index contributed by atoms with van der Waals surface area (Å²) in [6.07, 6.45) is 5.06. The summed E-state index contributed by atoms with van der Waals surface area (Å²) in [5.74, 6) is -0.0948. The van der Waals surface area contributed by atoms with Crippen LogP contribution in [-0.2, 0) is 0 Å². The summed E-state index contributed by atoms with van der Waals surface area (Å²) in [5.41, 5.74) is 0.346. The topological polar surface area (TPSA) is 45.2 Å². The molecule has 1 saturated heterocycles. The van der Waals surface area contributed by atoms with Gasteiger partial charge in [-0.25, -0.2) is 9.37 Å². The predicted octanol–water partition coefficient (Wildman–Crippen LogP) is 3.06. The fourth-order valence-corrected chi connectivity index (χ4v) is 2.67. The molecule has 2 rings (SSSR count). The Bertz CT molecular complexity index is 478. The molecule has 0 spiro atoms. The van der Waals surface area contributed by atoms with E-state index in [4.69, 9.17) is 0 Å². The van der Waals surface area contributed by atoms with Gasteiger partial charge in [0.2, 0.25) is 0 Å². The molecular weight excluding hydrogens is 257 g/mol. The van der Waals surface area contributed by atoms with Gasteiger partial charge in [0.15, 0.2) is 0 Å². The number of hydrogen-bond acceptors (Lipinski definition) is 3. The van der Waals surface area contributed by atoms with Gasteiger partial charge in [-0.1, -0.05) is 13.8 Å². The second-order valence-electron chi connectivity index (χ2n) is 5.18. The van der Waals surface area contributed by atoms with Crippen LogP contribution < -0.4 is 5.32 Å². The summed E-state index contributed by atoms with van der Waals surface area (Å²) in [5, 5.41) is 3.10. The van der Waals surface area contributed by atoms with E-state index in [0.29, 0.717) is 11.4 Å². The molecule has 0 aromatic carbocycles. The van der Waals surface area contributed by atoms with Crippen molar-refractivity contribution in [2.75, 3.05) is 18.4 Å².